The Morgan fingerprint density at radius 3 is 2.82 bits per heavy atom. The van der Waals surface area contributed by atoms with E-state index in [1.807, 2.05) is 0 Å². The molecule has 11 heavy (non-hydrogen) atoms. The van der Waals surface area contributed by atoms with Gasteiger partial charge in [-0.25, -0.2) is 0 Å². The maximum Gasteiger partial charge on any atom is 0.285 e. The fraction of sp³-hybridized carbons (Fsp3) is 0.625. The Kier molecular flexibility index (Phi) is 1.37. The maximum absolute atomic E-state index is 11.3. The highest BCUT2D eigenvalue weighted by Crippen LogP contribution is 2.17. The molecule has 0 N–H and O–H groups in total. The Morgan fingerprint density at radius 2 is 2.09 bits per heavy atom. The van der Waals surface area contributed by atoms with E-state index in [1.165, 1.54) is 4.74 Å². The van der Waals surface area contributed by atoms with E-state index in [9.17, 15) is 4.79 Å². The maximum atomic E-state index is 11.3. The molecule has 0 spiro atoms. The summed E-state index contributed by atoms with van der Waals surface area (Å²) in [6.45, 7) is 0. The van der Waals surface area contributed by atoms with Gasteiger partial charge in [0, 0.05) is 13.5 Å². The summed E-state index contributed by atoms with van der Waals surface area (Å²) in [5.41, 5.74) is 0.957. The molecule has 0 amide bonds. The molecule has 1 aliphatic carbocycles. The molecule has 0 unspecified atom stereocenters. The molecule has 0 aliphatic heterocycles. The van der Waals surface area contributed by atoms with Crippen LogP contribution in [0.15, 0.2) is 9.32 Å². The van der Waals surface area contributed by atoms with E-state index in [1.54, 1.807) is 7.05 Å². The number of rotatable bonds is 0. The van der Waals surface area contributed by atoms with Crippen LogP contribution >= 0.6 is 0 Å². The molecule has 0 saturated heterocycles. The molecule has 3 heteroatoms. The van der Waals surface area contributed by atoms with E-state index in [0.717, 1.165) is 37.0 Å². The van der Waals surface area contributed by atoms with Gasteiger partial charge < -0.3 is 4.52 Å². The summed E-state index contributed by atoms with van der Waals surface area (Å²) in [6.07, 6.45) is 4.12. The molecule has 3 nitrogen and oxygen atoms in total. The van der Waals surface area contributed by atoms with Crippen LogP contribution in [0, 0.1) is 0 Å². The third-order valence-corrected chi connectivity index (χ3v) is 2.21. The number of fused-ring (bicyclic) bond motifs is 1. The first kappa shape index (κ1) is 6.70. The summed E-state index contributed by atoms with van der Waals surface area (Å²) in [6, 6.07) is 0. The lowest BCUT2D eigenvalue weighted by molar-refractivity contribution is 0.272. The quantitative estimate of drug-likeness (QED) is 0.554. The van der Waals surface area contributed by atoms with Crippen LogP contribution < -0.4 is 5.56 Å². The number of aromatic nitrogens is 1. The zero-order valence-corrected chi connectivity index (χ0v) is 6.59. The monoisotopic (exact) mass is 153 g/mol. The minimum Gasteiger partial charge on any atom is -0.381 e. The molecular formula is C8H11NO2. The van der Waals surface area contributed by atoms with E-state index >= 15 is 0 Å². The molecule has 1 heterocycles. The lowest BCUT2D eigenvalue weighted by Crippen LogP contribution is -2.15. The topological polar surface area (TPSA) is 35.1 Å². The van der Waals surface area contributed by atoms with Crippen molar-refractivity contribution in [3.05, 3.63) is 21.7 Å². The third-order valence-electron chi connectivity index (χ3n) is 2.21. The molecule has 1 aromatic heterocycles. The highest BCUT2D eigenvalue weighted by atomic mass is 16.5. The Hall–Kier alpha value is -0.990. The standard InChI is InChI=1S/C8H11NO2/c1-9-8(10)6-4-2-3-5-7(6)11-9/h2-5H2,1H3. The van der Waals surface area contributed by atoms with Gasteiger partial charge in [-0.15, -0.1) is 0 Å². The van der Waals surface area contributed by atoms with Crippen molar-refractivity contribution in [2.75, 3.05) is 0 Å². The van der Waals surface area contributed by atoms with E-state index < -0.39 is 0 Å². The van der Waals surface area contributed by atoms with Crippen molar-refractivity contribution in [2.45, 2.75) is 25.7 Å². The average molecular weight is 153 g/mol. The zero-order chi connectivity index (χ0) is 7.84. The van der Waals surface area contributed by atoms with Gasteiger partial charge in [-0.3, -0.25) is 4.79 Å². The average Bonchev–Trinajstić information content (AvgIpc) is 2.30. The van der Waals surface area contributed by atoms with E-state index in [4.69, 9.17) is 4.52 Å². The molecule has 0 fully saturated rings. The minimum atomic E-state index is 0.0553. The molecule has 2 rings (SSSR count). The van der Waals surface area contributed by atoms with Crippen LogP contribution in [-0.4, -0.2) is 4.74 Å². The number of hydrogen-bond acceptors (Lipinski definition) is 2. The van der Waals surface area contributed by atoms with Gasteiger partial charge in [-0.1, -0.05) is 0 Å². The van der Waals surface area contributed by atoms with Crippen LogP contribution in [0.1, 0.15) is 24.2 Å². The molecule has 0 saturated carbocycles. The summed E-state index contributed by atoms with van der Waals surface area (Å²) in [7, 11) is 1.67. The van der Waals surface area contributed by atoms with Crippen molar-refractivity contribution in [3.8, 4) is 0 Å². The van der Waals surface area contributed by atoms with Crippen molar-refractivity contribution in [3.63, 3.8) is 0 Å². The van der Waals surface area contributed by atoms with Crippen molar-refractivity contribution in [1.29, 1.82) is 0 Å². The first-order valence-electron chi connectivity index (χ1n) is 3.97. The Bertz CT molecular complexity index is 321. The molecule has 0 atom stereocenters. The summed E-state index contributed by atoms with van der Waals surface area (Å²) < 4.78 is 6.57. The first-order chi connectivity index (χ1) is 5.29. The Balaban J connectivity index is 2.59. The summed E-state index contributed by atoms with van der Waals surface area (Å²) in [5.74, 6) is 0.906. The molecule has 0 bridgehead atoms. The van der Waals surface area contributed by atoms with Crippen LogP contribution in [0.4, 0.5) is 0 Å². The van der Waals surface area contributed by atoms with Crippen LogP contribution in [0.25, 0.3) is 0 Å². The number of nitrogens with zero attached hydrogens (tertiary/aromatic N) is 1. The molecule has 0 aromatic carbocycles. The molecule has 1 aromatic rings. The lowest BCUT2D eigenvalue weighted by Gasteiger charge is -2.04. The van der Waals surface area contributed by atoms with Gasteiger partial charge in [0.1, 0.15) is 5.76 Å². The molecule has 1 aliphatic rings. The highest BCUT2D eigenvalue weighted by Gasteiger charge is 2.17. The van der Waals surface area contributed by atoms with Crippen molar-refractivity contribution in [2.24, 2.45) is 7.05 Å². The zero-order valence-electron chi connectivity index (χ0n) is 6.59. The second kappa shape index (κ2) is 2.26. The predicted octanol–water partition coefficient (Wildman–Crippen LogP) is 0.857. The second-order valence-electron chi connectivity index (χ2n) is 3.00. The van der Waals surface area contributed by atoms with Gasteiger partial charge in [0.25, 0.3) is 5.56 Å². The van der Waals surface area contributed by atoms with Gasteiger partial charge in [-0.2, -0.15) is 4.74 Å². The van der Waals surface area contributed by atoms with Gasteiger partial charge in [0.2, 0.25) is 0 Å². The van der Waals surface area contributed by atoms with Gasteiger partial charge in [0.15, 0.2) is 0 Å². The van der Waals surface area contributed by atoms with Crippen LogP contribution in [0.3, 0.4) is 0 Å². The molecular weight excluding hydrogens is 142 g/mol. The lowest BCUT2D eigenvalue weighted by atomic mass is 9.99. The van der Waals surface area contributed by atoms with Crippen molar-refractivity contribution < 1.29 is 4.52 Å². The van der Waals surface area contributed by atoms with Gasteiger partial charge >= 0.3 is 0 Å². The largest absolute Gasteiger partial charge is 0.381 e. The van der Waals surface area contributed by atoms with Crippen molar-refractivity contribution in [1.82, 2.24) is 4.74 Å². The van der Waals surface area contributed by atoms with Crippen molar-refractivity contribution >= 4 is 0 Å². The number of aryl methyl sites for hydroxylation is 2. The SMILES string of the molecule is Cn1oc2c(c1=O)CCCC2. The van der Waals surface area contributed by atoms with Gasteiger partial charge in [0.05, 0.1) is 5.56 Å². The normalized spacial score (nSPS) is 16.5. The second-order valence-corrected chi connectivity index (χ2v) is 3.00. The Morgan fingerprint density at radius 1 is 1.36 bits per heavy atom. The fourth-order valence-corrected chi connectivity index (χ4v) is 1.60. The van der Waals surface area contributed by atoms with Crippen LogP contribution in [0.5, 0.6) is 0 Å². The van der Waals surface area contributed by atoms with E-state index in [0.29, 0.717) is 0 Å². The summed E-state index contributed by atoms with van der Waals surface area (Å²) in [4.78, 5) is 11.3. The van der Waals surface area contributed by atoms with Crippen LogP contribution in [0.2, 0.25) is 0 Å². The smallest absolute Gasteiger partial charge is 0.285 e. The van der Waals surface area contributed by atoms with E-state index in [-0.39, 0.29) is 5.56 Å². The molecule has 60 valence electrons. The Labute approximate surface area is 64.6 Å². The van der Waals surface area contributed by atoms with Crippen LogP contribution in [-0.2, 0) is 19.9 Å². The first-order valence-corrected chi connectivity index (χ1v) is 3.97. The fourth-order valence-electron chi connectivity index (χ4n) is 1.60. The third kappa shape index (κ3) is 0.914. The minimum absolute atomic E-state index is 0.0553. The van der Waals surface area contributed by atoms with E-state index in [2.05, 4.69) is 0 Å². The van der Waals surface area contributed by atoms with Gasteiger partial charge in [-0.05, 0) is 19.3 Å². The predicted molar refractivity (Wildman–Crippen MR) is 40.6 cm³/mol. The summed E-state index contributed by atoms with van der Waals surface area (Å²) in [5, 5.41) is 0. The molecule has 0 radical (unpaired) electrons. The highest BCUT2D eigenvalue weighted by molar-refractivity contribution is 5.16. The number of hydrogen-bond donors (Lipinski definition) is 0. The summed E-state index contributed by atoms with van der Waals surface area (Å²) >= 11 is 0.